The van der Waals surface area contributed by atoms with Gasteiger partial charge in [-0.3, -0.25) is 9.78 Å². The van der Waals surface area contributed by atoms with Gasteiger partial charge in [-0.1, -0.05) is 18.2 Å². The van der Waals surface area contributed by atoms with Crippen LogP contribution in [0, 0.1) is 5.92 Å². The number of hydrogen-bond acceptors (Lipinski definition) is 6. The highest BCUT2D eigenvalue weighted by Gasteiger charge is 2.47. The minimum absolute atomic E-state index is 0.210. The average Bonchev–Trinajstić information content (AvgIpc) is 3.56. The van der Waals surface area contributed by atoms with Crippen molar-refractivity contribution in [3.05, 3.63) is 77.5 Å². The Morgan fingerprint density at radius 1 is 1.11 bits per heavy atom. The molecule has 2 fully saturated rings. The number of fused-ring (bicyclic) bond motifs is 2. The summed E-state index contributed by atoms with van der Waals surface area (Å²) in [6.45, 7) is 0. The molecule has 0 aliphatic heterocycles. The zero-order valence-corrected chi connectivity index (χ0v) is 20.0. The summed E-state index contributed by atoms with van der Waals surface area (Å²) >= 11 is 0. The highest BCUT2D eigenvalue weighted by Crippen LogP contribution is 2.56. The van der Waals surface area contributed by atoms with E-state index in [1.54, 1.807) is 13.3 Å². The first kappa shape index (κ1) is 22.1. The van der Waals surface area contributed by atoms with Crippen LogP contribution in [0.3, 0.4) is 0 Å². The van der Waals surface area contributed by atoms with Gasteiger partial charge in [0.25, 0.3) is 0 Å². The van der Waals surface area contributed by atoms with E-state index in [2.05, 4.69) is 23.2 Å². The van der Waals surface area contributed by atoms with Crippen LogP contribution in [0.5, 0.6) is 5.75 Å². The number of ketones is 1. The Balaban J connectivity index is 1.30. The second-order valence-corrected chi connectivity index (χ2v) is 10.3. The van der Waals surface area contributed by atoms with Crippen LogP contribution >= 0.6 is 0 Å². The Hall–Kier alpha value is -3.38. The zero-order valence-electron chi connectivity index (χ0n) is 20.0. The number of allylic oxidation sites excluding steroid dienone is 1. The molecular formula is C29H30N4O2. The van der Waals surface area contributed by atoms with Gasteiger partial charge in [0.05, 0.1) is 12.8 Å². The van der Waals surface area contributed by atoms with Gasteiger partial charge < -0.3 is 10.5 Å². The average molecular weight is 467 g/mol. The lowest BCUT2D eigenvalue weighted by atomic mass is 9.79. The van der Waals surface area contributed by atoms with Gasteiger partial charge in [-0.2, -0.15) is 0 Å². The molecule has 2 aromatic heterocycles. The number of benzene rings is 1. The van der Waals surface area contributed by atoms with Crippen molar-refractivity contribution in [1.82, 2.24) is 15.0 Å². The predicted octanol–water partition coefficient (Wildman–Crippen LogP) is 5.11. The molecule has 1 spiro atoms. The molecule has 0 saturated heterocycles. The third kappa shape index (κ3) is 4.16. The molecule has 178 valence electrons. The lowest BCUT2D eigenvalue weighted by molar-refractivity contribution is 0.0962. The van der Waals surface area contributed by atoms with Gasteiger partial charge in [-0.15, -0.1) is 0 Å². The van der Waals surface area contributed by atoms with Crippen LogP contribution in [-0.2, 0) is 5.41 Å². The van der Waals surface area contributed by atoms with Crippen molar-refractivity contribution < 1.29 is 9.53 Å². The summed E-state index contributed by atoms with van der Waals surface area (Å²) in [4.78, 5) is 27.0. The molecule has 0 amide bonds. The van der Waals surface area contributed by atoms with Gasteiger partial charge in [0.15, 0.2) is 11.6 Å². The van der Waals surface area contributed by atoms with E-state index in [9.17, 15) is 4.79 Å². The van der Waals surface area contributed by atoms with E-state index in [0.29, 0.717) is 18.2 Å². The SMILES string of the molecule is COc1ccnc(-c2cnc(C3=CCC4(CC4)c4ccc(C(=O)CC5CC[C@@H](N)C5)cc43)nc2)c1. The van der Waals surface area contributed by atoms with E-state index < -0.39 is 0 Å². The van der Waals surface area contributed by atoms with Crippen LogP contribution in [0.1, 0.15) is 72.3 Å². The standard InChI is InChI=1S/C29H30N4O2/c1-35-22-7-11-31-26(15-22)20-16-32-28(33-17-20)23-6-8-29(9-10-29)25-5-3-19(14-24(23)25)27(34)13-18-2-4-21(30)12-18/h3,5-7,11,14-18,21H,2,4,8-10,12-13,30H2,1H3/t18?,21-/m1/s1. The van der Waals surface area contributed by atoms with E-state index in [-0.39, 0.29) is 17.2 Å². The molecule has 2 atom stereocenters. The summed E-state index contributed by atoms with van der Waals surface area (Å²) < 4.78 is 5.31. The smallest absolute Gasteiger partial charge is 0.163 e. The molecule has 3 aromatic rings. The first-order valence-electron chi connectivity index (χ1n) is 12.5. The number of carbonyl (C=O) groups is 1. The minimum atomic E-state index is 0.210. The van der Waals surface area contributed by atoms with Gasteiger partial charge in [0.2, 0.25) is 0 Å². The molecule has 6 nitrogen and oxygen atoms in total. The molecular weight excluding hydrogens is 436 g/mol. The Morgan fingerprint density at radius 3 is 2.66 bits per heavy atom. The van der Waals surface area contributed by atoms with Crippen LogP contribution in [0.2, 0.25) is 0 Å². The predicted molar refractivity (Wildman–Crippen MR) is 135 cm³/mol. The largest absolute Gasteiger partial charge is 0.497 e. The summed E-state index contributed by atoms with van der Waals surface area (Å²) in [6.07, 6.45) is 14.6. The molecule has 0 radical (unpaired) electrons. The summed E-state index contributed by atoms with van der Waals surface area (Å²) in [5, 5.41) is 0. The Labute approximate surface area is 205 Å². The van der Waals surface area contributed by atoms with Crippen molar-refractivity contribution >= 4 is 11.4 Å². The molecule has 6 rings (SSSR count). The van der Waals surface area contributed by atoms with Gasteiger partial charge in [0.1, 0.15) is 5.75 Å². The monoisotopic (exact) mass is 466 g/mol. The van der Waals surface area contributed by atoms with E-state index in [0.717, 1.165) is 59.4 Å². The maximum Gasteiger partial charge on any atom is 0.163 e. The fourth-order valence-electron chi connectivity index (χ4n) is 5.73. The molecule has 35 heavy (non-hydrogen) atoms. The molecule has 2 N–H and O–H groups in total. The second kappa shape index (κ2) is 8.68. The Kier molecular flexibility index (Phi) is 5.49. The number of hydrogen-bond donors (Lipinski definition) is 1. The molecule has 6 heteroatoms. The summed E-state index contributed by atoms with van der Waals surface area (Å²) in [7, 11) is 1.64. The number of ether oxygens (including phenoxy) is 1. The summed E-state index contributed by atoms with van der Waals surface area (Å²) in [5.74, 6) is 2.04. The normalized spacial score (nSPS) is 21.9. The molecule has 3 aliphatic carbocycles. The molecule has 3 aliphatic rings. The maximum absolute atomic E-state index is 13.2. The number of rotatable bonds is 6. The fourth-order valence-corrected chi connectivity index (χ4v) is 5.73. The second-order valence-electron chi connectivity index (χ2n) is 10.3. The molecule has 1 unspecified atom stereocenters. The minimum Gasteiger partial charge on any atom is -0.497 e. The van der Waals surface area contributed by atoms with Gasteiger partial charge in [-0.05, 0) is 73.1 Å². The van der Waals surface area contributed by atoms with Crippen LogP contribution in [0.15, 0.2) is 55.0 Å². The number of aromatic nitrogens is 3. The lowest BCUT2D eigenvalue weighted by Crippen LogP contribution is -2.17. The third-order valence-electron chi connectivity index (χ3n) is 7.97. The van der Waals surface area contributed by atoms with E-state index in [1.165, 1.54) is 18.4 Å². The fraction of sp³-hybridized carbons (Fsp3) is 0.379. The van der Waals surface area contributed by atoms with E-state index in [1.807, 2.05) is 30.6 Å². The van der Waals surface area contributed by atoms with Gasteiger partial charge in [-0.25, -0.2) is 9.97 Å². The summed E-state index contributed by atoms with van der Waals surface area (Å²) in [5.41, 5.74) is 12.1. The van der Waals surface area contributed by atoms with Gasteiger partial charge >= 0.3 is 0 Å². The highest BCUT2D eigenvalue weighted by atomic mass is 16.5. The van der Waals surface area contributed by atoms with E-state index in [4.69, 9.17) is 20.4 Å². The molecule has 2 heterocycles. The van der Waals surface area contributed by atoms with E-state index >= 15 is 0 Å². The number of Topliss-reactive ketones (excluding diaryl/α,β-unsaturated/α-hetero) is 1. The Morgan fingerprint density at radius 2 is 1.94 bits per heavy atom. The van der Waals surface area contributed by atoms with Crippen molar-refractivity contribution in [3.63, 3.8) is 0 Å². The van der Waals surface area contributed by atoms with Crippen LogP contribution < -0.4 is 10.5 Å². The number of nitrogens with two attached hydrogens (primary N) is 1. The third-order valence-corrected chi connectivity index (χ3v) is 7.97. The number of carbonyl (C=O) groups excluding carboxylic acids is 1. The van der Waals surface area contributed by atoms with Gasteiger partial charge in [0, 0.05) is 53.8 Å². The molecule has 2 saturated carbocycles. The van der Waals surface area contributed by atoms with Crippen molar-refractivity contribution in [1.29, 1.82) is 0 Å². The Bertz CT molecular complexity index is 1310. The number of nitrogens with zero attached hydrogens (tertiary/aromatic N) is 3. The van der Waals surface area contributed by atoms with Crippen LogP contribution in [0.25, 0.3) is 16.8 Å². The summed E-state index contributed by atoms with van der Waals surface area (Å²) in [6, 6.07) is 10.2. The molecule has 1 aromatic carbocycles. The van der Waals surface area contributed by atoms with Crippen LogP contribution in [-0.4, -0.2) is 33.9 Å². The number of methoxy groups -OCH3 is 1. The van der Waals surface area contributed by atoms with Crippen molar-refractivity contribution in [3.8, 4) is 17.0 Å². The first-order chi connectivity index (χ1) is 17.0. The van der Waals surface area contributed by atoms with Crippen molar-refractivity contribution in [2.75, 3.05) is 7.11 Å². The highest BCUT2D eigenvalue weighted by molar-refractivity contribution is 5.98. The lowest BCUT2D eigenvalue weighted by Gasteiger charge is -2.25. The zero-order chi connectivity index (χ0) is 24.0. The van der Waals surface area contributed by atoms with Crippen molar-refractivity contribution in [2.24, 2.45) is 11.7 Å². The van der Waals surface area contributed by atoms with Crippen molar-refractivity contribution in [2.45, 2.75) is 56.4 Å². The number of pyridine rings is 1. The van der Waals surface area contributed by atoms with Crippen LogP contribution in [0.4, 0.5) is 0 Å². The maximum atomic E-state index is 13.2. The quantitative estimate of drug-likeness (QED) is 0.508. The topological polar surface area (TPSA) is 91.0 Å². The molecule has 0 bridgehead atoms. The first-order valence-corrected chi connectivity index (χ1v) is 12.5.